The molecule has 0 aliphatic carbocycles. The maximum absolute atomic E-state index is 5.47. The Morgan fingerprint density at radius 1 is 1.09 bits per heavy atom. The summed E-state index contributed by atoms with van der Waals surface area (Å²) in [6.07, 6.45) is 10.6. The zero-order valence-corrected chi connectivity index (χ0v) is 23.1. The van der Waals surface area contributed by atoms with E-state index in [1.807, 2.05) is 32.9 Å². The van der Waals surface area contributed by atoms with E-state index in [0.717, 1.165) is 47.6 Å². The molecule has 3 heteroatoms. The van der Waals surface area contributed by atoms with Crippen LogP contribution >= 0.6 is 0 Å². The molecule has 0 unspecified atom stereocenters. The average Bonchev–Trinajstić information content (AvgIpc) is 3.23. The summed E-state index contributed by atoms with van der Waals surface area (Å²) in [4.78, 5) is 2.32. The van der Waals surface area contributed by atoms with E-state index in [1.54, 1.807) is 0 Å². The molecule has 0 saturated carbocycles. The van der Waals surface area contributed by atoms with E-state index >= 15 is 0 Å². The topological polar surface area (TPSA) is 24.5 Å². The van der Waals surface area contributed by atoms with E-state index < -0.39 is 0 Å². The van der Waals surface area contributed by atoms with Crippen molar-refractivity contribution in [2.45, 2.75) is 61.1 Å². The molecule has 35 heavy (non-hydrogen) atoms. The lowest BCUT2D eigenvalue weighted by molar-refractivity contribution is 0.353. The van der Waals surface area contributed by atoms with Crippen LogP contribution in [0.15, 0.2) is 110 Å². The molecule has 0 aromatic heterocycles. The van der Waals surface area contributed by atoms with E-state index in [2.05, 4.69) is 101 Å². The molecule has 1 aromatic carbocycles. The summed E-state index contributed by atoms with van der Waals surface area (Å²) in [7, 11) is 2.15. The van der Waals surface area contributed by atoms with Gasteiger partial charge in [-0.2, -0.15) is 0 Å². The molecule has 0 atom stereocenters. The number of fused-ring (bicyclic) bond motifs is 1. The molecular weight excluding hydrogens is 428 g/mol. The van der Waals surface area contributed by atoms with Gasteiger partial charge in [0.15, 0.2) is 0 Å². The Balaban J connectivity index is 0.00000274. The molecule has 0 saturated heterocycles. The zero-order chi connectivity index (χ0) is 27.0. The molecule has 0 bridgehead atoms. The number of allylic oxidation sites excluding steroid dienone is 7. The normalized spacial score (nSPS) is 14.0. The van der Waals surface area contributed by atoms with Gasteiger partial charge in [-0.3, -0.25) is 4.90 Å². The summed E-state index contributed by atoms with van der Waals surface area (Å²) >= 11 is 0. The van der Waals surface area contributed by atoms with Gasteiger partial charge in [0.2, 0.25) is 0 Å². The Morgan fingerprint density at radius 2 is 1.71 bits per heavy atom. The number of ether oxygens (including phenoxy) is 1. The van der Waals surface area contributed by atoms with Gasteiger partial charge in [0.05, 0.1) is 6.26 Å². The minimum atomic E-state index is 0.698. The molecule has 3 nitrogen and oxygen atoms in total. The van der Waals surface area contributed by atoms with Crippen LogP contribution in [-0.4, -0.2) is 11.9 Å². The van der Waals surface area contributed by atoms with Crippen molar-refractivity contribution in [1.29, 1.82) is 0 Å². The fraction of sp³-hybridized carbons (Fsp3) is 0.312. The van der Waals surface area contributed by atoms with Crippen LogP contribution in [0.5, 0.6) is 0 Å². The second-order valence-electron chi connectivity index (χ2n) is 7.94. The van der Waals surface area contributed by atoms with Gasteiger partial charge in [-0.15, -0.1) is 13.2 Å². The molecule has 1 aliphatic rings. The standard InChI is InChI=1S/C28H36N2O.C2H6.C2H4/c1-9-12-20(4)26(15-21(5)28(10-2)31-11-3)16-22(6)29-23(7)24-13-14-25-18-30(8)19-27(25)17-24;2*1-2/h10-17,29H,3,5,7,9,18-19H2,1-2,4,6,8H3;1-2H3;1-2H2/b20-12-,22-16+,26-15-,28-10-;;. The third-order valence-electron chi connectivity index (χ3n) is 5.24. The molecule has 0 amide bonds. The number of nitrogens with one attached hydrogen (secondary N) is 1. The predicted octanol–water partition coefficient (Wildman–Crippen LogP) is 8.83. The summed E-state index contributed by atoms with van der Waals surface area (Å²) in [6.45, 7) is 32.3. The Kier molecular flexibility index (Phi) is 15.6. The van der Waals surface area contributed by atoms with Gasteiger partial charge < -0.3 is 10.1 Å². The molecule has 0 fully saturated rings. The molecule has 1 heterocycles. The highest BCUT2D eigenvalue weighted by molar-refractivity contribution is 5.65. The first-order valence-electron chi connectivity index (χ1n) is 12.3. The maximum Gasteiger partial charge on any atom is 0.128 e. The van der Waals surface area contributed by atoms with Gasteiger partial charge in [0.25, 0.3) is 0 Å². The molecule has 1 N–H and O–H groups in total. The van der Waals surface area contributed by atoms with Crippen molar-refractivity contribution in [1.82, 2.24) is 10.2 Å². The van der Waals surface area contributed by atoms with E-state index in [0.29, 0.717) is 5.76 Å². The Hall–Kier alpha value is -3.30. The van der Waals surface area contributed by atoms with Gasteiger partial charge in [0.1, 0.15) is 5.76 Å². The molecule has 1 aromatic rings. The first-order chi connectivity index (χ1) is 16.8. The van der Waals surface area contributed by atoms with Crippen molar-refractivity contribution >= 4 is 5.70 Å². The van der Waals surface area contributed by atoms with Gasteiger partial charge in [0, 0.05) is 30.1 Å². The second kappa shape index (κ2) is 17.2. The van der Waals surface area contributed by atoms with Crippen LogP contribution in [-0.2, 0) is 17.8 Å². The van der Waals surface area contributed by atoms with Crippen LogP contribution in [0.25, 0.3) is 5.70 Å². The number of hydrogen-bond donors (Lipinski definition) is 1. The summed E-state index contributed by atoms with van der Waals surface area (Å²) in [6, 6.07) is 6.60. The summed E-state index contributed by atoms with van der Waals surface area (Å²) < 4.78 is 5.47. The highest BCUT2D eigenvalue weighted by Crippen LogP contribution is 2.25. The highest BCUT2D eigenvalue weighted by atomic mass is 16.5. The lowest BCUT2D eigenvalue weighted by atomic mass is 10.0. The predicted molar refractivity (Wildman–Crippen MR) is 156 cm³/mol. The number of rotatable bonds is 10. The van der Waals surface area contributed by atoms with Crippen LogP contribution < -0.4 is 5.32 Å². The second-order valence-corrected chi connectivity index (χ2v) is 7.94. The third-order valence-corrected chi connectivity index (χ3v) is 5.24. The fourth-order valence-electron chi connectivity index (χ4n) is 3.70. The lowest BCUT2D eigenvalue weighted by Crippen LogP contribution is -2.09. The summed E-state index contributed by atoms with van der Waals surface area (Å²) in [5.74, 6) is 0.698. The number of benzene rings is 1. The third kappa shape index (κ3) is 10.2. The smallest absolute Gasteiger partial charge is 0.128 e. The zero-order valence-electron chi connectivity index (χ0n) is 23.1. The minimum absolute atomic E-state index is 0.698. The van der Waals surface area contributed by atoms with Gasteiger partial charge in [-0.1, -0.05) is 58.7 Å². The molecule has 0 radical (unpaired) electrons. The number of hydrogen-bond acceptors (Lipinski definition) is 3. The van der Waals surface area contributed by atoms with Crippen LogP contribution in [0.4, 0.5) is 0 Å². The van der Waals surface area contributed by atoms with E-state index in [4.69, 9.17) is 4.74 Å². The van der Waals surface area contributed by atoms with Gasteiger partial charge >= 0.3 is 0 Å². The average molecular weight is 475 g/mol. The molecule has 0 spiro atoms. The SMILES string of the molecule is C=C.C=CO/C(=C\C)C(=C)/C=C(/C=C(\C)NC(=C)c1ccc2c(c1)CN(C)C2)C(\C)=C/CC.CC. The van der Waals surface area contributed by atoms with Gasteiger partial charge in [-0.05, 0) is 86.4 Å². The first-order valence-corrected chi connectivity index (χ1v) is 12.3. The van der Waals surface area contributed by atoms with Crippen LogP contribution in [0, 0.1) is 0 Å². The van der Waals surface area contributed by atoms with E-state index in [1.165, 1.54) is 23.0 Å². The fourth-order valence-corrected chi connectivity index (χ4v) is 3.70. The van der Waals surface area contributed by atoms with Gasteiger partial charge in [-0.25, -0.2) is 0 Å². The van der Waals surface area contributed by atoms with Crippen molar-refractivity contribution < 1.29 is 4.74 Å². The van der Waals surface area contributed by atoms with Crippen molar-refractivity contribution in [2.75, 3.05) is 7.05 Å². The number of nitrogens with zero attached hydrogens (tertiary/aromatic N) is 1. The maximum atomic E-state index is 5.47. The van der Waals surface area contributed by atoms with Crippen molar-refractivity contribution in [3.05, 3.63) is 127 Å². The van der Waals surface area contributed by atoms with Crippen LogP contribution in [0.3, 0.4) is 0 Å². The largest absolute Gasteiger partial charge is 0.465 e. The van der Waals surface area contributed by atoms with Crippen LogP contribution in [0.1, 0.15) is 64.7 Å². The van der Waals surface area contributed by atoms with Crippen molar-refractivity contribution in [2.24, 2.45) is 0 Å². The molecule has 2 rings (SSSR count). The van der Waals surface area contributed by atoms with E-state index in [9.17, 15) is 0 Å². The first kappa shape index (κ1) is 31.7. The quantitative estimate of drug-likeness (QED) is 0.208. The van der Waals surface area contributed by atoms with Crippen molar-refractivity contribution in [3.8, 4) is 0 Å². The lowest BCUT2D eigenvalue weighted by Gasteiger charge is -2.14. The molecule has 1 aliphatic heterocycles. The Bertz CT molecular complexity index is 989. The van der Waals surface area contributed by atoms with Crippen molar-refractivity contribution in [3.63, 3.8) is 0 Å². The Morgan fingerprint density at radius 3 is 2.29 bits per heavy atom. The molecular formula is C32H46N2O. The van der Waals surface area contributed by atoms with E-state index in [-0.39, 0.29) is 0 Å². The molecule has 190 valence electrons. The highest BCUT2D eigenvalue weighted by Gasteiger charge is 2.16. The van der Waals surface area contributed by atoms with Crippen LogP contribution in [0.2, 0.25) is 0 Å². The Labute approximate surface area is 215 Å². The monoisotopic (exact) mass is 474 g/mol. The summed E-state index contributed by atoms with van der Waals surface area (Å²) in [5.41, 5.74) is 8.86. The minimum Gasteiger partial charge on any atom is -0.465 e. The summed E-state index contributed by atoms with van der Waals surface area (Å²) in [5, 5.41) is 3.46.